The summed E-state index contributed by atoms with van der Waals surface area (Å²) in [7, 11) is 0. The van der Waals surface area contributed by atoms with E-state index < -0.39 is 0 Å². The van der Waals surface area contributed by atoms with E-state index in [0.717, 1.165) is 18.4 Å². The maximum atomic E-state index is 11.2. The molecule has 2 saturated carbocycles. The van der Waals surface area contributed by atoms with E-state index >= 15 is 0 Å². The number of hydrogen-bond acceptors (Lipinski definition) is 3. The molecule has 1 heterocycles. The van der Waals surface area contributed by atoms with E-state index in [-0.39, 0.29) is 11.4 Å². The monoisotopic (exact) mass is 206 g/mol. The lowest BCUT2D eigenvalue weighted by Gasteiger charge is -2.20. The molecule has 0 aromatic carbocycles. The summed E-state index contributed by atoms with van der Waals surface area (Å²) in [5, 5.41) is 9.29. The van der Waals surface area contributed by atoms with E-state index in [2.05, 4.69) is 9.97 Å². The number of H-pyrrole nitrogens is 1. The van der Waals surface area contributed by atoms with Crippen molar-refractivity contribution < 1.29 is 5.11 Å². The van der Waals surface area contributed by atoms with Gasteiger partial charge in [0.2, 0.25) is 5.88 Å². The third-order valence-electron chi connectivity index (χ3n) is 3.84. The molecular formula is C11H14N2O2. The van der Waals surface area contributed by atoms with Crippen molar-refractivity contribution in [2.75, 3.05) is 0 Å². The SMILES string of the molecule is O=c1cc(O)nc(C2CC3CCC2C3)[nH]1. The minimum Gasteiger partial charge on any atom is -0.493 e. The van der Waals surface area contributed by atoms with Crippen molar-refractivity contribution in [3.8, 4) is 5.88 Å². The van der Waals surface area contributed by atoms with Gasteiger partial charge in [0.15, 0.2) is 0 Å². The van der Waals surface area contributed by atoms with Crippen LogP contribution in [-0.4, -0.2) is 15.1 Å². The van der Waals surface area contributed by atoms with Crippen molar-refractivity contribution in [1.82, 2.24) is 9.97 Å². The molecule has 3 atom stereocenters. The van der Waals surface area contributed by atoms with Crippen LogP contribution in [0, 0.1) is 11.8 Å². The van der Waals surface area contributed by atoms with E-state index in [1.165, 1.54) is 19.3 Å². The van der Waals surface area contributed by atoms with Gasteiger partial charge in [-0.25, -0.2) is 0 Å². The Morgan fingerprint density at radius 3 is 2.87 bits per heavy atom. The summed E-state index contributed by atoms with van der Waals surface area (Å²) in [6.07, 6.45) is 4.96. The minimum atomic E-state index is -0.250. The van der Waals surface area contributed by atoms with Crippen molar-refractivity contribution in [3.05, 3.63) is 22.2 Å². The molecule has 1 aromatic rings. The molecule has 2 bridgehead atoms. The van der Waals surface area contributed by atoms with E-state index in [0.29, 0.717) is 17.7 Å². The highest BCUT2D eigenvalue weighted by Crippen LogP contribution is 2.51. The highest BCUT2D eigenvalue weighted by molar-refractivity contribution is 5.13. The molecule has 0 amide bonds. The Balaban J connectivity index is 1.96. The lowest BCUT2D eigenvalue weighted by Crippen LogP contribution is -2.17. The van der Waals surface area contributed by atoms with Crippen LogP contribution in [-0.2, 0) is 0 Å². The quantitative estimate of drug-likeness (QED) is 0.729. The van der Waals surface area contributed by atoms with E-state index in [1.54, 1.807) is 0 Å². The number of nitrogens with one attached hydrogen (secondary N) is 1. The summed E-state index contributed by atoms with van der Waals surface area (Å²) in [5.41, 5.74) is -0.250. The zero-order valence-corrected chi connectivity index (χ0v) is 8.44. The molecular weight excluding hydrogens is 192 g/mol. The topological polar surface area (TPSA) is 66.0 Å². The Hall–Kier alpha value is -1.32. The van der Waals surface area contributed by atoms with Gasteiger partial charge < -0.3 is 10.1 Å². The molecule has 0 spiro atoms. The third-order valence-corrected chi connectivity index (χ3v) is 3.84. The highest BCUT2D eigenvalue weighted by atomic mass is 16.3. The molecule has 80 valence electrons. The first-order valence-electron chi connectivity index (χ1n) is 5.52. The van der Waals surface area contributed by atoms with Crippen LogP contribution in [0.3, 0.4) is 0 Å². The molecule has 4 heteroatoms. The molecule has 3 rings (SSSR count). The van der Waals surface area contributed by atoms with Crippen LogP contribution in [0.4, 0.5) is 0 Å². The lowest BCUT2D eigenvalue weighted by molar-refractivity contribution is 0.392. The van der Waals surface area contributed by atoms with Crippen molar-refractivity contribution >= 4 is 0 Å². The zero-order valence-electron chi connectivity index (χ0n) is 8.44. The molecule has 0 radical (unpaired) electrons. The number of aromatic nitrogens is 2. The molecule has 0 aliphatic heterocycles. The fourth-order valence-corrected chi connectivity index (χ4v) is 3.22. The number of aromatic hydroxyl groups is 1. The number of nitrogens with zero attached hydrogens (tertiary/aromatic N) is 1. The van der Waals surface area contributed by atoms with Gasteiger partial charge >= 0.3 is 0 Å². The Labute approximate surface area is 87.4 Å². The zero-order chi connectivity index (χ0) is 10.4. The van der Waals surface area contributed by atoms with Gasteiger partial charge in [-0.1, -0.05) is 6.42 Å². The first-order chi connectivity index (χ1) is 7.22. The van der Waals surface area contributed by atoms with Crippen LogP contribution in [0.15, 0.2) is 10.9 Å². The fraction of sp³-hybridized carbons (Fsp3) is 0.636. The molecule has 0 saturated heterocycles. The van der Waals surface area contributed by atoms with Gasteiger partial charge in [0, 0.05) is 5.92 Å². The molecule has 2 aliphatic carbocycles. The van der Waals surface area contributed by atoms with Crippen LogP contribution in [0.25, 0.3) is 0 Å². The molecule has 2 aliphatic rings. The Bertz CT molecular complexity index is 440. The number of rotatable bonds is 1. The second-order valence-corrected chi connectivity index (χ2v) is 4.77. The second-order valence-electron chi connectivity index (χ2n) is 4.77. The Morgan fingerprint density at radius 1 is 1.40 bits per heavy atom. The van der Waals surface area contributed by atoms with Crippen molar-refractivity contribution in [2.45, 2.75) is 31.6 Å². The predicted octanol–water partition coefficient (Wildman–Crippen LogP) is 1.38. The first kappa shape index (κ1) is 8.95. The van der Waals surface area contributed by atoms with Crippen molar-refractivity contribution in [2.24, 2.45) is 11.8 Å². The molecule has 2 fully saturated rings. The summed E-state index contributed by atoms with van der Waals surface area (Å²) in [4.78, 5) is 18.0. The number of hydrogen-bond donors (Lipinski definition) is 2. The fourth-order valence-electron chi connectivity index (χ4n) is 3.22. The van der Waals surface area contributed by atoms with Gasteiger partial charge in [-0.15, -0.1) is 0 Å². The van der Waals surface area contributed by atoms with Crippen LogP contribution >= 0.6 is 0 Å². The van der Waals surface area contributed by atoms with Gasteiger partial charge in [0.05, 0.1) is 6.07 Å². The van der Waals surface area contributed by atoms with Crippen LogP contribution in [0.2, 0.25) is 0 Å². The molecule has 2 N–H and O–H groups in total. The molecule has 1 aromatic heterocycles. The van der Waals surface area contributed by atoms with Gasteiger partial charge in [-0.2, -0.15) is 4.98 Å². The smallest absolute Gasteiger partial charge is 0.254 e. The maximum Gasteiger partial charge on any atom is 0.254 e. The van der Waals surface area contributed by atoms with Gasteiger partial charge in [0.25, 0.3) is 5.56 Å². The van der Waals surface area contributed by atoms with E-state index in [4.69, 9.17) is 0 Å². The van der Waals surface area contributed by atoms with Crippen molar-refractivity contribution in [1.29, 1.82) is 0 Å². The minimum absolute atomic E-state index is 0.156. The standard InChI is InChI=1S/C11H14N2O2/c14-9-5-10(15)13-11(12-9)8-4-6-1-2-7(8)3-6/h5-8H,1-4H2,(H2,12,13,14,15). The summed E-state index contributed by atoms with van der Waals surface area (Å²) >= 11 is 0. The van der Waals surface area contributed by atoms with E-state index in [1.807, 2.05) is 0 Å². The van der Waals surface area contributed by atoms with Gasteiger partial charge in [0.1, 0.15) is 5.82 Å². The summed E-state index contributed by atoms with van der Waals surface area (Å²) < 4.78 is 0. The lowest BCUT2D eigenvalue weighted by atomic mass is 9.88. The van der Waals surface area contributed by atoms with Crippen LogP contribution < -0.4 is 5.56 Å². The number of fused-ring (bicyclic) bond motifs is 2. The summed E-state index contributed by atoms with van der Waals surface area (Å²) in [6, 6.07) is 1.12. The average Bonchev–Trinajstić information content (AvgIpc) is 2.76. The average molecular weight is 206 g/mol. The van der Waals surface area contributed by atoms with Gasteiger partial charge in [-0.05, 0) is 31.1 Å². The maximum absolute atomic E-state index is 11.2. The third kappa shape index (κ3) is 1.44. The molecule has 15 heavy (non-hydrogen) atoms. The summed E-state index contributed by atoms with van der Waals surface area (Å²) in [5.74, 6) is 2.37. The normalized spacial score (nSPS) is 33.5. The largest absolute Gasteiger partial charge is 0.493 e. The van der Waals surface area contributed by atoms with Gasteiger partial charge in [-0.3, -0.25) is 4.79 Å². The summed E-state index contributed by atoms with van der Waals surface area (Å²) in [6.45, 7) is 0. The number of aromatic amines is 1. The Kier molecular flexibility index (Phi) is 1.84. The highest BCUT2D eigenvalue weighted by Gasteiger charge is 2.41. The first-order valence-corrected chi connectivity index (χ1v) is 5.52. The van der Waals surface area contributed by atoms with Crippen LogP contribution in [0.5, 0.6) is 5.88 Å². The molecule has 3 unspecified atom stereocenters. The molecule has 4 nitrogen and oxygen atoms in total. The van der Waals surface area contributed by atoms with Crippen LogP contribution in [0.1, 0.15) is 37.4 Å². The van der Waals surface area contributed by atoms with Crippen molar-refractivity contribution in [3.63, 3.8) is 0 Å². The second kappa shape index (κ2) is 3.08. The van der Waals surface area contributed by atoms with E-state index in [9.17, 15) is 9.90 Å². The predicted molar refractivity (Wildman–Crippen MR) is 54.7 cm³/mol. The Morgan fingerprint density at radius 2 is 2.27 bits per heavy atom.